The van der Waals surface area contributed by atoms with Crippen LogP contribution in [-0.2, 0) is 11.2 Å². The third-order valence-electron chi connectivity index (χ3n) is 3.90. The molecular weight excluding hydrogens is 304 g/mol. The van der Waals surface area contributed by atoms with Crippen molar-refractivity contribution in [3.63, 3.8) is 0 Å². The average Bonchev–Trinajstić information content (AvgIpc) is 2.41. The fourth-order valence-electron chi connectivity index (χ4n) is 2.49. The zero-order valence-corrected chi connectivity index (χ0v) is 13.2. The van der Waals surface area contributed by atoms with Crippen LogP contribution >= 0.6 is 15.9 Å². The highest BCUT2D eigenvalue weighted by molar-refractivity contribution is 9.10. The minimum atomic E-state index is 0.219. The second kappa shape index (κ2) is 6.53. The predicted octanol–water partition coefficient (Wildman–Crippen LogP) is 2.54. The van der Waals surface area contributed by atoms with Crippen molar-refractivity contribution >= 4 is 21.8 Å². The number of carbonyl (C=O) groups is 1. The third-order valence-corrected chi connectivity index (χ3v) is 4.43. The van der Waals surface area contributed by atoms with Gasteiger partial charge >= 0.3 is 0 Å². The number of hydrogen-bond acceptors (Lipinski definition) is 2. The van der Waals surface area contributed by atoms with Crippen LogP contribution in [0.5, 0.6) is 0 Å². The second-order valence-corrected chi connectivity index (χ2v) is 6.26. The molecule has 1 aliphatic rings. The summed E-state index contributed by atoms with van der Waals surface area (Å²) < 4.78 is 1.05. The summed E-state index contributed by atoms with van der Waals surface area (Å²) in [5.74, 6) is 0.219. The second-order valence-electron chi connectivity index (χ2n) is 5.34. The van der Waals surface area contributed by atoms with E-state index in [0.29, 0.717) is 12.5 Å². The van der Waals surface area contributed by atoms with Gasteiger partial charge in [-0.3, -0.25) is 4.79 Å². The Hall–Kier alpha value is -0.870. The normalized spacial score (nSPS) is 17.4. The maximum absolute atomic E-state index is 12.3. The molecule has 0 saturated carbocycles. The standard InChI is InChI=1S/C15H21BrN2O/c1-17-9-7-14(8-10-17)18(2)15(19)11-12-3-5-13(16)6-4-12/h3-6,14H,7-11H2,1-2H3. The summed E-state index contributed by atoms with van der Waals surface area (Å²) in [4.78, 5) is 16.5. The Bertz CT molecular complexity index is 424. The number of benzene rings is 1. The minimum absolute atomic E-state index is 0.219. The molecule has 0 N–H and O–H groups in total. The van der Waals surface area contributed by atoms with E-state index in [1.165, 1.54) is 0 Å². The Kier molecular flexibility index (Phi) is 4.99. The van der Waals surface area contributed by atoms with Crippen LogP contribution in [0.2, 0.25) is 0 Å². The van der Waals surface area contributed by atoms with Gasteiger partial charge in [-0.05, 0) is 50.7 Å². The van der Waals surface area contributed by atoms with Crippen molar-refractivity contribution in [2.75, 3.05) is 27.2 Å². The molecule has 19 heavy (non-hydrogen) atoms. The van der Waals surface area contributed by atoms with E-state index in [0.717, 1.165) is 36.0 Å². The van der Waals surface area contributed by atoms with Gasteiger partial charge in [-0.25, -0.2) is 0 Å². The SMILES string of the molecule is CN1CCC(N(C)C(=O)Cc2ccc(Br)cc2)CC1. The van der Waals surface area contributed by atoms with Gasteiger partial charge in [0.05, 0.1) is 6.42 Å². The molecule has 0 atom stereocenters. The number of carbonyl (C=O) groups excluding carboxylic acids is 1. The summed E-state index contributed by atoms with van der Waals surface area (Å²) in [6.45, 7) is 2.17. The molecule has 3 nitrogen and oxygen atoms in total. The smallest absolute Gasteiger partial charge is 0.226 e. The summed E-state index contributed by atoms with van der Waals surface area (Å²) in [6, 6.07) is 8.38. The number of piperidine rings is 1. The summed E-state index contributed by atoms with van der Waals surface area (Å²) in [7, 11) is 4.08. The predicted molar refractivity (Wildman–Crippen MR) is 81.1 cm³/mol. The molecule has 0 unspecified atom stereocenters. The Morgan fingerprint density at radius 1 is 1.32 bits per heavy atom. The minimum Gasteiger partial charge on any atom is -0.342 e. The highest BCUT2D eigenvalue weighted by Gasteiger charge is 2.23. The number of rotatable bonds is 3. The molecule has 0 bridgehead atoms. The van der Waals surface area contributed by atoms with E-state index >= 15 is 0 Å². The van der Waals surface area contributed by atoms with Crippen molar-refractivity contribution in [3.8, 4) is 0 Å². The zero-order valence-electron chi connectivity index (χ0n) is 11.6. The number of likely N-dealkylation sites (N-methyl/N-ethyl adjacent to an activating group) is 1. The molecule has 4 heteroatoms. The van der Waals surface area contributed by atoms with E-state index in [2.05, 4.69) is 27.9 Å². The molecule has 0 aliphatic carbocycles. The molecule has 1 heterocycles. The van der Waals surface area contributed by atoms with Gasteiger partial charge in [0.15, 0.2) is 0 Å². The Labute approximate surface area is 123 Å². The molecule has 1 aliphatic heterocycles. The van der Waals surface area contributed by atoms with Crippen LogP contribution in [0.4, 0.5) is 0 Å². The summed E-state index contributed by atoms with van der Waals surface area (Å²) >= 11 is 3.41. The lowest BCUT2D eigenvalue weighted by molar-refractivity contribution is -0.132. The molecule has 0 radical (unpaired) electrons. The first-order valence-corrected chi connectivity index (χ1v) is 7.54. The Balaban J connectivity index is 1.90. The summed E-state index contributed by atoms with van der Waals surface area (Å²) in [6.07, 6.45) is 2.66. The largest absolute Gasteiger partial charge is 0.342 e. The molecule has 0 spiro atoms. The molecule has 0 aromatic heterocycles. The van der Waals surface area contributed by atoms with Gasteiger partial charge in [0.1, 0.15) is 0 Å². The van der Waals surface area contributed by atoms with Crippen LogP contribution in [0.3, 0.4) is 0 Å². The number of likely N-dealkylation sites (tertiary alicyclic amines) is 1. The maximum Gasteiger partial charge on any atom is 0.226 e. The Morgan fingerprint density at radius 3 is 2.47 bits per heavy atom. The van der Waals surface area contributed by atoms with Crippen LogP contribution in [0.25, 0.3) is 0 Å². The molecular formula is C15H21BrN2O. The zero-order chi connectivity index (χ0) is 13.8. The van der Waals surface area contributed by atoms with Crippen molar-refractivity contribution in [3.05, 3.63) is 34.3 Å². The first-order valence-electron chi connectivity index (χ1n) is 6.75. The quantitative estimate of drug-likeness (QED) is 0.853. The monoisotopic (exact) mass is 324 g/mol. The van der Waals surface area contributed by atoms with Crippen molar-refractivity contribution in [2.45, 2.75) is 25.3 Å². The number of amides is 1. The third kappa shape index (κ3) is 4.05. The van der Waals surface area contributed by atoms with Gasteiger partial charge < -0.3 is 9.80 Å². The van der Waals surface area contributed by atoms with Crippen LogP contribution in [0.1, 0.15) is 18.4 Å². The lowest BCUT2D eigenvalue weighted by atomic mass is 10.0. The molecule has 1 saturated heterocycles. The first kappa shape index (κ1) is 14.5. The lowest BCUT2D eigenvalue weighted by Gasteiger charge is -2.35. The lowest BCUT2D eigenvalue weighted by Crippen LogP contribution is -2.44. The van der Waals surface area contributed by atoms with E-state index in [9.17, 15) is 4.79 Å². The van der Waals surface area contributed by atoms with Crippen LogP contribution in [0.15, 0.2) is 28.7 Å². The van der Waals surface area contributed by atoms with E-state index in [-0.39, 0.29) is 5.91 Å². The van der Waals surface area contributed by atoms with Crippen molar-refractivity contribution in [1.29, 1.82) is 0 Å². The molecule has 2 rings (SSSR count). The Morgan fingerprint density at radius 2 is 1.89 bits per heavy atom. The van der Waals surface area contributed by atoms with Gasteiger partial charge in [0.2, 0.25) is 5.91 Å². The molecule has 104 valence electrons. The average molecular weight is 325 g/mol. The van der Waals surface area contributed by atoms with E-state index < -0.39 is 0 Å². The van der Waals surface area contributed by atoms with Gasteiger partial charge in [-0.2, -0.15) is 0 Å². The molecule has 1 aromatic carbocycles. The van der Waals surface area contributed by atoms with Crippen molar-refractivity contribution in [1.82, 2.24) is 9.80 Å². The summed E-state index contributed by atoms with van der Waals surface area (Å²) in [5, 5.41) is 0. The highest BCUT2D eigenvalue weighted by atomic mass is 79.9. The van der Waals surface area contributed by atoms with Gasteiger partial charge in [-0.15, -0.1) is 0 Å². The van der Waals surface area contributed by atoms with Gasteiger partial charge in [-0.1, -0.05) is 28.1 Å². The molecule has 1 fully saturated rings. The van der Waals surface area contributed by atoms with Crippen LogP contribution in [-0.4, -0.2) is 48.9 Å². The summed E-state index contributed by atoms with van der Waals surface area (Å²) in [5.41, 5.74) is 1.08. The molecule has 1 amide bonds. The number of halogens is 1. The van der Waals surface area contributed by atoms with Crippen LogP contribution in [0, 0.1) is 0 Å². The number of hydrogen-bond donors (Lipinski definition) is 0. The van der Waals surface area contributed by atoms with E-state index in [1.54, 1.807) is 0 Å². The van der Waals surface area contributed by atoms with E-state index in [1.807, 2.05) is 36.2 Å². The highest BCUT2D eigenvalue weighted by Crippen LogP contribution is 2.16. The van der Waals surface area contributed by atoms with Crippen LogP contribution < -0.4 is 0 Å². The van der Waals surface area contributed by atoms with E-state index in [4.69, 9.17) is 0 Å². The molecule has 1 aromatic rings. The fourth-order valence-corrected chi connectivity index (χ4v) is 2.75. The van der Waals surface area contributed by atoms with Crippen molar-refractivity contribution in [2.24, 2.45) is 0 Å². The number of nitrogens with zero attached hydrogens (tertiary/aromatic N) is 2. The first-order chi connectivity index (χ1) is 9.06. The van der Waals surface area contributed by atoms with Gasteiger partial charge in [0, 0.05) is 17.6 Å². The van der Waals surface area contributed by atoms with Crippen molar-refractivity contribution < 1.29 is 4.79 Å². The topological polar surface area (TPSA) is 23.6 Å². The van der Waals surface area contributed by atoms with Gasteiger partial charge in [0.25, 0.3) is 0 Å². The maximum atomic E-state index is 12.3. The fraction of sp³-hybridized carbons (Fsp3) is 0.533.